The van der Waals surface area contributed by atoms with Crippen LogP contribution >= 0.6 is 0 Å². The minimum atomic E-state index is -3.74. The van der Waals surface area contributed by atoms with Crippen molar-refractivity contribution >= 4 is 10.0 Å². The molecule has 1 aliphatic rings. The van der Waals surface area contributed by atoms with E-state index < -0.39 is 21.9 Å². The lowest BCUT2D eigenvalue weighted by molar-refractivity contribution is 0.00469. The number of piperazine rings is 1. The summed E-state index contributed by atoms with van der Waals surface area (Å²) >= 11 is 0. The van der Waals surface area contributed by atoms with Crippen molar-refractivity contribution in [2.24, 2.45) is 0 Å². The summed E-state index contributed by atoms with van der Waals surface area (Å²) in [4.78, 5) is 1.88. The molecule has 158 valence electrons. The van der Waals surface area contributed by atoms with Gasteiger partial charge in [-0.2, -0.15) is 4.31 Å². The van der Waals surface area contributed by atoms with Gasteiger partial charge in [-0.15, -0.1) is 0 Å². The Kier molecular flexibility index (Phi) is 7.31. The van der Waals surface area contributed by atoms with E-state index in [4.69, 9.17) is 4.74 Å². The summed E-state index contributed by atoms with van der Waals surface area (Å²) in [7, 11) is -3.74. The van der Waals surface area contributed by atoms with E-state index in [0.29, 0.717) is 25.2 Å². The van der Waals surface area contributed by atoms with E-state index in [1.54, 1.807) is 18.2 Å². The van der Waals surface area contributed by atoms with Crippen molar-refractivity contribution < 1.29 is 27.0 Å². The third-order valence-corrected chi connectivity index (χ3v) is 6.65. The van der Waals surface area contributed by atoms with Crippen LogP contribution in [-0.2, 0) is 21.4 Å². The molecule has 1 atom stereocenters. The molecule has 6 nitrogen and oxygen atoms in total. The summed E-state index contributed by atoms with van der Waals surface area (Å²) in [6.45, 7) is 1.84. The van der Waals surface area contributed by atoms with E-state index >= 15 is 0 Å². The maximum Gasteiger partial charge on any atom is 0.243 e. The Morgan fingerprint density at radius 2 is 1.76 bits per heavy atom. The first-order valence-corrected chi connectivity index (χ1v) is 10.8. The zero-order valence-electron chi connectivity index (χ0n) is 15.9. The van der Waals surface area contributed by atoms with Crippen molar-refractivity contribution in [1.82, 2.24) is 9.21 Å². The number of aliphatic hydroxyl groups is 1. The van der Waals surface area contributed by atoms with Gasteiger partial charge in [0.1, 0.15) is 11.6 Å². The van der Waals surface area contributed by atoms with Crippen molar-refractivity contribution in [3.63, 3.8) is 0 Å². The Morgan fingerprint density at radius 3 is 2.45 bits per heavy atom. The number of aliphatic hydroxyl groups excluding tert-OH is 1. The van der Waals surface area contributed by atoms with Gasteiger partial charge in [0.2, 0.25) is 10.0 Å². The third-order valence-electron chi connectivity index (χ3n) is 4.76. The van der Waals surface area contributed by atoms with Gasteiger partial charge in [-0.05, 0) is 24.3 Å². The second-order valence-corrected chi connectivity index (χ2v) is 8.86. The molecular formula is C20H24F2N2O4S. The molecule has 0 saturated carbocycles. The lowest BCUT2D eigenvalue weighted by atomic mass is 10.2. The molecule has 1 unspecified atom stereocenters. The molecule has 3 rings (SSSR count). The van der Waals surface area contributed by atoms with Gasteiger partial charge in [-0.25, -0.2) is 17.2 Å². The van der Waals surface area contributed by atoms with Crippen molar-refractivity contribution in [2.75, 3.05) is 39.3 Å². The molecule has 1 fully saturated rings. The molecule has 1 heterocycles. The normalized spacial score (nSPS) is 17.3. The number of hydrogen-bond acceptors (Lipinski definition) is 5. The van der Waals surface area contributed by atoms with Crippen LogP contribution in [0, 0.1) is 11.6 Å². The molecule has 0 bridgehead atoms. The quantitative estimate of drug-likeness (QED) is 0.698. The summed E-state index contributed by atoms with van der Waals surface area (Å²) in [5, 5.41) is 10.1. The second kappa shape index (κ2) is 9.73. The lowest BCUT2D eigenvalue weighted by Crippen LogP contribution is -2.50. The van der Waals surface area contributed by atoms with E-state index in [-0.39, 0.29) is 37.0 Å². The van der Waals surface area contributed by atoms with Crippen LogP contribution in [0.25, 0.3) is 0 Å². The summed E-state index contributed by atoms with van der Waals surface area (Å²) in [6.07, 6.45) is -0.770. The largest absolute Gasteiger partial charge is 0.389 e. The molecule has 0 spiro atoms. The number of sulfonamides is 1. The van der Waals surface area contributed by atoms with Crippen LogP contribution < -0.4 is 0 Å². The Morgan fingerprint density at radius 1 is 1.03 bits per heavy atom. The maximum absolute atomic E-state index is 13.5. The van der Waals surface area contributed by atoms with Gasteiger partial charge in [0, 0.05) is 38.3 Å². The van der Waals surface area contributed by atoms with Gasteiger partial charge in [0.15, 0.2) is 0 Å². The minimum Gasteiger partial charge on any atom is -0.389 e. The van der Waals surface area contributed by atoms with E-state index in [1.165, 1.54) is 28.6 Å². The molecule has 1 saturated heterocycles. The maximum atomic E-state index is 13.5. The number of benzene rings is 2. The molecule has 1 N–H and O–H groups in total. The standard InChI is InChI=1S/C20H24F2N2O4S/c21-17-5-3-6-19(12-17)29(26,27)24-10-8-23(9-11-24)13-18(25)15-28-14-16-4-1-2-7-20(16)22/h1-7,12,18,25H,8-11,13-15H2. The zero-order valence-corrected chi connectivity index (χ0v) is 16.7. The summed E-state index contributed by atoms with van der Waals surface area (Å²) in [5.74, 6) is -0.944. The predicted octanol–water partition coefficient (Wildman–Crippen LogP) is 1.85. The highest BCUT2D eigenvalue weighted by atomic mass is 32.2. The smallest absolute Gasteiger partial charge is 0.243 e. The van der Waals surface area contributed by atoms with Crippen molar-refractivity contribution in [3.05, 3.63) is 65.7 Å². The number of hydrogen-bond donors (Lipinski definition) is 1. The number of rotatable bonds is 8. The average molecular weight is 426 g/mol. The van der Waals surface area contributed by atoms with E-state index in [9.17, 15) is 22.3 Å². The van der Waals surface area contributed by atoms with Crippen molar-refractivity contribution in [1.29, 1.82) is 0 Å². The van der Waals surface area contributed by atoms with Gasteiger partial charge in [0.05, 0.1) is 24.2 Å². The summed E-state index contributed by atoms with van der Waals surface area (Å²) in [5.41, 5.74) is 0.427. The first-order valence-electron chi connectivity index (χ1n) is 9.33. The van der Waals surface area contributed by atoms with E-state index in [0.717, 1.165) is 6.07 Å². The second-order valence-electron chi connectivity index (χ2n) is 6.92. The van der Waals surface area contributed by atoms with Gasteiger partial charge in [-0.1, -0.05) is 24.3 Å². The van der Waals surface area contributed by atoms with Crippen LogP contribution in [-0.4, -0.2) is 68.2 Å². The molecule has 0 amide bonds. The monoisotopic (exact) mass is 426 g/mol. The lowest BCUT2D eigenvalue weighted by Gasteiger charge is -2.34. The topological polar surface area (TPSA) is 70.1 Å². The Bertz CT molecular complexity index is 918. The van der Waals surface area contributed by atoms with E-state index in [1.807, 2.05) is 4.90 Å². The number of ether oxygens (including phenoxy) is 1. The van der Waals surface area contributed by atoms with Gasteiger partial charge in [-0.3, -0.25) is 4.90 Å². The molecule has 9 heteroatoms. The first-order chi connectivity index (χ1) is 13.9. The summed E-state index contributed by atoms with van der Waals surface area (Å²) < 4.78 is 58.8. The molecular weight excluding hydrogens is 402 g/mol. The molecule has 2 aromatic carbocycles. The molecule has 29 heavy (non-hydrogen) atoms. The third kappa shape index (κ3) is 5.80. The fourth-order valence-electron chi connectivity index (χ4n) is 3.20. The van der Waals surface area contributed by atoms with Crippen LogP contribution in [0.3, 0.4) is 0 Å². The predicted molar refractivity (Wildman–Crippen MR) is 104 cm³/mol. The molecule has 1 aliphatic heterocycles. The van der Waals surface area contributed by atoms with Crippen LogP contribution in [0.1, 0.15) is 5.56 Å². The van der Waals surface area contributed by atoms with Gasteiger partial charge >= 0.3 is 0 Å². The fraction of sp³-hybridized carbons (Fsp3) is 0.400. The van der Waals surface area contributed by atoms with Crippen molar-refractivity contribution in [3.8, 4) is 0 Å². The molecule has 0 radical (unpaired) electrons. The highest BCUT2D eigenvalue weighted by Crippen LogP contribution is 2.18. The molecule has 0 aromatic heterocycles. The Labute approximate surface area is 169 Å². The average Bonchev–Trinajstić information content (AvgIpc) is 2.70. The number of β-amino-alcohol motifs (C(OH)–C–C–N with tert-alkyl or cyclic N) is 1. The van der Waals surface area contributed by atoms with Gasteiger partial charge in [0.25, 0.3) is 0 Å². The number of halogens is 2. The first kappa shape index (κ1) is 21.8. The number of nitrogens with zero attached hydrogens (tertiary/aromatic N) is 2. The highest BCUT2D eigenvalue weighted by Gasteiger charge is 2.29. The van der Waals surface area contributed by atoms with Crippen molar-refractivity contribution in [2.45, 2.75) is 17.6 Å². The Balaban J connectivity index is 1.44. The Hall–Kier alpha value is -1.91. The van der Waals surface area contributed by atoms with Gasteiger partial charge < -0.3 is 9.84 Å². The highest BCUT2D eigenvalue weighted by molar-refractivity contribution is 7.89. The zero-order chi connectivity index (χ0) is 20.9. The van der Waals surface area contributed by atoms with Crippen LogP contribution in [0.2, 0.25) is 0 Å². The SMILES string of the molecule is O=S(=O)(c1cccc(F)c1)N1CCN(CC(O)COCc2ccccc2F)CC1. The fourth-order valence-corrected chi connectivity index (χ4v) is 4.65. The molecule has 2 aromatic rings. The van der Waals surface area contributed by atoms with Crippen LogP contribution in [0.4, 0.5) is 8.78 Å². The molecule has 0 aliphatic carbocycles. The van der Waals surface area contributed by atoms with Crippen LogP contribution in [0.15, 0.2) is 53.4 Å². The van der Waals surface area contributed by atoms with E-state index in [2.05, 4.69) is 0 Å². The van der Waals surface area contributed by atoms with Crippen LogP contribution in [0.5, 0.6) is 0 Å². The minimum absolute atomic E-state index is 0.0517. The summed E-state index contributed by atoms with van der Waals surface area (Å²) in [6, 6.07) is 11.3.